The molecule has 0 saturated carbocycles. The molecule has 0 saturated heterocycles. The molecule has 1 aliphatic rings. The number of rotatable bonds is 22. The molecule has 286 valence electrons. The molecule has 0 atom stereocenters. The highest BCUT2D eigenvalue weighted by atomic mass is 19.3. The summed E-state index contributed by atoms with van der Waals surface area (Å²) < 4.78 is 49.9. The minimum Gasteiger partial charge on any atom is -0.494 e. The van der Waals surface area contributed by atoms with Gasteiger partial charge in [-0.15, -0.1) is 0 Å². The largest absolute Gasteiger partial charge is 0.494 e. The summed E-state index contributed by atoms with van der Waals surface area (Å²) >= 11 is 0. The van der Waals surface area contributed by atoms with Crippen molar-refractivity contribution in [3.63, 3.8) is 0 Å². The summed E-state index contributed by atoms with van der Waals surface area (Å²) in [6, 6.07) is 24.5. The van der Waals surface area contributed by atoms with Crippen LogP contribution in [0.2, 0.25) is 0 Å². The molecule has 4 aromatic carbocycles. The standard InChI is InChI=1S/C41H43F2NO10/c42-41(43)54-44(26-28-10-4-3-5-11-28)40(49)32-22-31(30-16-18-36-37(25-30)53-27-52-36)23-33(24-32)50-20-7-2-1-6-12-29-13-8-14-35(34(29)17-19-39(47)48)51-21-9-15-38(45)46/h3-5,8,10-11,13-14,16,18,22-25,41H,1-2,6-7,9,12,15,17,19-21,26-27H2,(H,45,46)(H,47,48). The van der Waals surface area contributed by atoms with Gasteiger partial charge in [-0.25, -0.2) is 9.90 Å². The first-order valence-electron chi connectivity index (χ1n) is 17.8. The van der Waals surface area contributed by atoms with Crippen LogP contribution >= 0.6 is 0 Å². The second-order valence-corrected chi connectivity index (χ2v) is 12.7. The number of aliphatic carboxylic acids is 2. The Hall–Kier alpha value is -5.69. The van der Waals surface area contributed by atoms with Gasteiger partial charge in [-0.05, 0) is 96.3 Å². The number of hydroxylamine groups is 2. The number of aryl methyl sites for hydroxylation is 1. The monoisotopic (exact) mass is 747 g/mol. The summed E-state index contributed by atoms with van der Waals surface area (Å²) in [7, 11) is 0. The zero-order valence-electron chi connectivity index (χ0n) is 29.7. The number of carbonyl (C=O) groups is 3. The van der Waals surface area contributed by atoms with Crippen molar-refractivity contribution >= 4 is 17.8 Å². The Morgan fingerprint density at radius 2 is 1.48 bits per heavy atom. The van der Waals surface area contributed by atoms with Gasteiger partial charge in [0.1, 0.15) is 11.5 Å². The third-order valence-electron chi connectivity index (χ3n) is 8.68. The number of hydrogen-bond acceptors (Lipinski definition) is 8. The van der Waals surface area contributed by atoms with E-state index in [2.05, 4.69) is 4.84 Å². The van der Waals surface area contributed by atoms with Gasteiger partial charge >= 0.3 is 18.6 Å². The van der Waals surface area contributed by atoms with Crippen LogP contribution in [0.1, 0.15) is 72.0 Å². The van der Waals surface area contributed by atoms with Crippen LogP contribution in [0.5, 0.6) is 23.0 Å². The molecule has 11 nitrogen and oxygen atoms in total. The zero-order chi connectivity index (χ0) is 38.3. The van der Waals surface area contributed by atoms with Crippen LogP contribution in [-0.2, 0) is 33.8 Å². The fourth-order valence-corrected chi connectivity index (χ4v) is 6.06. The van der Waals surface area contributed by atoms with Crippen molar-refractivity contribution in [1.29, 1.82) is 0 Å². The van der Waals surface area contributed by atoms with Crippen LogP contribution in [0.25, 0.3) is 11.1 Å². The van der Waals surface area contributed by atoms with Gasteiger partial charge in [0.25, 0.3) is 5.91 Å². The number of fused-ring (bicyclic) bond motifs is 1. The summed E-state index contributed by atoms with van der Waals surface area (Å²) in [5.74, 6) is -0.475. The van der Waals surface area contributed by atoms with Crippen molar-refractivity contribution in [3.05, 3.63) is 107 Å². The van der Waals surface area contributed by atoms with E-state index >= 15 is 0 Å². The predicted octanol–water partition coefficient (Wildman–Crippen LogP) is 8.32. The van der Waals surface area contributed by atoms with Crippen LogP contribution in [0.4, 0.5) is 8.78 Å². The maximum Gasteiger partial charge on any atom is 0.365 e. The Morgan fingerprint density at radius 3 is 2.26 bits per heavy atom. The normalized spacial score (nSPS) is 11.8. The molecule has 0 unspecified atom stereocenters. The van der Waals surface area contributed by atoms with Crippen molar-refractivity contribution in [2.45, 2.75) is 70.9 Å². The maximum atomic E-state index is 13.7. The van der Waals surface area contributed by atoms with E-state index in [1.807, 2.05) is 18.2 Å². The molecule has 0 aliphatic carbocycles. The molecule has 0 fully saturated rings. The van der Waals surface area contributed by atoms with Gasteiger partial charge in [-0.2, -0.15) is 8.78 Å². The highest BCUT2D eigenvalue weighted by Crippen LogP contribution is 2.37. The summed E-state index contributed by atoms with van der Waals surface area (Å²) in [4.78, 5) is 40.6. The minimum absolute atomic E-state index is 0.0118. The number of ether oxygens (including phenoxy) is 4. The van der Waals surface area contributed by atoms with Gasteiger partial charge in [-0.3, -0.25) is 14.4 Å². The Labute approximate surface area is 311 Å². The summed E-state index contributed by atoms with van der Waals surface area (Å²) in [5, 5.41) is 18.8. The molecule has 2 N–H and O–H groups in total. The lowest BCUT2D eigenvalue weighted by Crippen LogP contribution is -2.32. The summed E-state index contributed by atoms with van der Waals surface area (Å²) in [5.41, 5.74) is 3.85. The molecular formula is C41H43F2NO10. The van der Waals surface area contributed by atoms with Gasteiger partial charge in [0, 0.05) is 18.4 Å². The first-order valence-corrected chi connectivity index (χ1v) is 17.8. The van der Waals surface area contributed by atoms with E-state index in [9.17, 15) is 28.3 Å². The second kappa shape index (κ2) is 20.0. The van der Waals surface area contributed by atoms with Gasteiger partial charge in [0.05, 0.1) is 19.8 Å². The van der Waals surface area contributed by atoms with Crippen molar-refractivity contribution in [2.24, 2.45) is 0 Å². The van der Waals surface area contributed by atoms with E-state index in [0.29, 0.717) is 77.0 Å². The molecule has 4 aromatic rings. The third-order valence-corrected chi connectivity index (χ3v) is 8.68. The Balaban J connectivity index is 1.22. The first kappa shape index (κ1) is 39.5. The molecule has 1 amide bonds. The zero-order valence-corrected chi connectivity index (χ0v) is 29.7. The van der Waals surface area contributed by atoms with Gasteiger partial charge < -0.3 is 29.2 Å². The molecular weight excluding hydrogens is 704 g/mol. The van der Waals surface area contributed by atoms with Crippen LogP contribution in [0.15, 0.2) is 84.9 Å². The van der Waals surface area contributed by atoms with Gasteiger partial charge in [-0.1, -0.05) is 61.4 Å². The number of hydrogen-bond donors (Lipinski definition) is 2. The molecule has 1 aliphatic heterocycles. The van der Waals surface area contributed by atoms with Crippen molar-refractivity contribution in [1.82, 2.24) is 5.06 Å². The van der Waals surface area contributed by atoms with E-state index < -0.39 is 24.5 Å². The second-order valence-electron chi connectivity index (χ2n) is 12.7. The predicted molar refractivity (Wildman–Crippen MR) is 194 cm³/mol. The molecule has 0 spiro atoms. The number of alkyl halides is 2. The molecule has 54 heavy (non-hydrogen) atoms. The number of amides is 1. The highest BCUT2D eigenvalue weighted by Gasteiger charge is 2.23. The van der Waals surface area contributed by atoms with Crippen molar-refractivity contribution < 1.29 is 57.2 Å². The lowest BCUT2D eigenvalue weighted by Gasteiger charge is -2.22. The molecule has 5 rings (SSSR count). The van der Waals surface area contributed by atoms with Crippen LogP contribution in [0, 0.1) is 0 Å². The topological polar surface area (TPSA) is 141 Å². The van der Waals surface area contributed by atoms with E-state index in [0.717, 1.165) is 30.4 Å². The fourth-order valence-electron chi connectivity index (χ4n) is 6.06. The number of carboxylic acids is 2. The summed E-state index contributed by atoms with van der Waals surface area (Å²) in [6.45, 7) is -2.76. The molecule has 1 heterocycles. The highest BCUT2D eigenvalue weighted by molar-refractivity contribution is 5.95. The minimum atomic E-state index is -3.21. The lowest BCUT2D eigenvalue weighted by atomic mass is 9.97. The Kier molecular flexibility index (Phi) is 14.6. The number of halogens is 2. The smallest absolute Gasteiger partial charge is 0.365 e. The number of nitrogens with zero attached hydrogens (tertiary/aromatic N) is 1. The quantitative estimate of drug-likeness (QED) is 0.0596. The molecule has 0 radical (unpaired) electrons. The van der Waals surface area contributed by atoms with Gasteiger partial charge in [0.2, 0.25) is 6.79 Å². The number of unbranched alkanes of at least 4 members (excludes halogenated alkanes) is 3. The van der Waals surface area contributed by atoms with E-state index in [4.69, 9.17) is 24.1 Å². The van der Waals surface area contributed by atoms with Gasteiger partial charge in [0.15, 0.2) is 11.5 Å². The molecule has 0 bridgehead atoms. The first-order chi connectivity index (χ1) is 26.2. The SMILES string of the molecule is O=C(O)CCCOc1cccc(CCCCCCOc2cc(C(=O)N(Cc3ccccc3)OC(F)F)cc(-c3ccc4c(c3)OCO4)c2)c1CCC(=O)O. The summed E-state index contributed by atoms with van der Waals surface area (Å²) in [6.07, 6.45) is 4.54. The van der Waals surface area contributed by atoms with E-state index in [-0.39, 0.29) is 38.3 Å². The Morgan fingerprint density at radius 1 is 0.722 bits per heavy atom. The van der Waals surface area contributed by atoms with Crippen molar-refractivity contribution in [3.8, 4) is 34.1 Å². The average Bonchev–Trinajstić information content (AvgIpc) is 3.63. The number of carboxylic acid groups (broad SMARTS) is 2. The molecule has 0 aromatic heterocycles. The van der Waals surface area contributed by atoms with Crippen molar-refractivity contribution in [2.75, 3.05) is 20.0 Å². The fraction of sp³-hybridized carbons (Fsp3) is 0.341. The number of carbonyl (C=O) groups excluding carboxylic acids is 1. The van der Waals surface area contributed by atoms with Crippen LogP contribution < -0.4 is 18.9 Å². The maximum absolute atomic E-state index is 13.7. The molecule has 13 heteroatoms. The third kappa shape index (κ3) is 11.9. The van der Waals surface area contributed by atoms with E-state index in [1.54, 1.807) is 60.7 Å². The van der Waals surface area contributed by atoms with Crippen LogP contribution in [-0.4, -0.2) is 59.7 Å². The lowest BCUT2D eigenvalue weighted by molar-refractivity contribution is -0.261. The van der Waals surface area contributed by atoms with Crippen LogP contribution in [0.3, 0.4) is 0 Å². The Bertz CT molecular complexity index is 1870. The number of benzene rings is 4. The average molecular weight is 748 g/mol. The van der Waals surface area contributed by atoms with E-state index in [1.165, 1.54) is 6.07 Å².